The molecule has 0 unspecified atom stereocenters. The molecular weight excluding hydrogens is 531 g/mol. The lowest BCUT2D eigenvalue weighted by molar-refractivity contribution is 0.592. The van der Waals surface area contributed by atoms with E-state index < -0.39 is 7.14 Å². The highest BCUT2D eigenvalue weighted by molar-refractivity contribution is 7.85. The van der Waals surface area contributed by atoms with Crippen molar-refractivity contribution < 1.29 is 4.57 Å². The van der Waals surface area contributed by atoms with E-state index in [1.807, 2.05) is 72.9 Å². The largest absolute Gasteiger partial charge is 0.310 e. The number of nitrogens with zero attached hydrogens (tertiary/aromatic N) is 2. The summed E-state index contributed by atoms with van der Waals surface area (Å²) in [7, 11) is -3.14. The van der Waals surface area contributed by atoms with Gasteiger partial charge in [-0.2, -0.15) is 0 Å². The van der Waals surface area contributed by atoms with E-state index in [4.69, 9.17) is 0 Å². The summed E-state index contributed by atoms with van der Waals surface area (Å²) in [6.45, 7) is 4.60. The van der Waals surface area contributed by atoms with Gasteiger partial charge in [0.15, 0.2) is 7.14 Å². The molecule has 0 spiro atoms. The molecule has 4 heteroatoms. The zero-order valence-corrected chi connectivity index (χ0v) is 24.6. The lowest BCUT2D eigenvalue weighted by Gasteiger charge is -2.42. The van der Waals surface area contributed by atoms with Gasteiger partial charge in [0.05, 0.1) is 11.4 Å². The normalized spacial score (nSPS) is 13.7. The fourth-order valence-electron chi connectivity index (χ4n) is 6.25. The van der Waals surface area contributed by atoms with Gasteiger partial charge < -0.3 is 9.46 Å². The second-order valence-corrected chi connectivity index (χ2v) is 14.0. The molecule has 0 aliphatic carbocycles. The number of para-hydroxylation sites is 2. The molecule has 1 aliphatic heterocycles. The fourth-order valence-corrected chi connectivity index (χ4v) is 8.88. The van der Waals surface area contributed by atoms with Gasteiger partial charge in [-0.05, 0) is 47.0 Å². The van der Waals surface area contributed by atoms with Gasteiger partial charge in [0, 0.05) is 45.0 Å². The Morgan fingerprint density at radius 3 is 1.69 bits per heavy atom. The Morgan fingerprint density at radius 2 is 1.10 bits per heavy atom. The second-order valence-electron chi connectivity index (χ2n) is 11.3. The fraction of sp³-hybridized carbons (Fsp3) is 0.0789. The third kappa shape index (κ3) is 4.21. The van der Waals surface area contributed by atoms with Crippen LogP contribution in [0, 0.1) is 0 Å². The third-order valence-electron chi connectivity index (χ3n) is 8.40. The number of hydrogen-bond donors (Lipinski definition) is 0. The van der Waals surface area contributed by atoms with Crippen LogP contribution >= 0.6 is 7.14 Å². The molecule has 0 bridgehead atoms. The number of benzene rings is 5. The number of pyridine rings is 1. The molecule has 6 aromatic rings. The average molecular weight is 563 g/mol. The van der Waals surface area contributed by atoms with Crippen LogP contribution in [0.5, 0.6) is 0 Å². The van der Waals surface area contributed by atoms with Gasteiger partial charge >= 0.3 is 0 Å². The summed E-state index contributed by atoms with van der Waals surface area (Å²) >= 11 is 0. The molecular formula is C38H31N2OP. The first-order valence-electron chi connectivity index (χ1n) is 14.2. The Morgan fingerprint density at radius 1 is 0.548 bits per heavy atom. The molecule has 0 atom stereocenters. The molecule has 1 aromatic heterocycles. The van der Waals surface area contributed by atoms with E-state index in [1.54, 1.807) is 6.20 Å². The lowest BCUT2D eigenvalue weighted by Crippen LogP contribution is -2.30. The van der Waals surface area contributed by atoms with E-state index in [0.29, 0.717) is 0 Å². The molecule has 42 heavy (non-hydrogen) atoms. The highest BCUT2D eigenvalue weighted by atomic mass is 31.2. The molecule has 5 aromatic carbocycles. The minimum absolute atomic E-state index is 0.115. The summed E-state index contributed by atoms with van der Waals surface area (Å²) in [5.41, 5.74) is 7.87. The maximum atomic E-state index is 15.0. The molecule has 0 saturated carbocycles. The van der Waals surface area contributed by atoms with Crippen LogP contribution in [0.1, 0.15) is 25.0 Å². The molecule has 0 radical (unpaired) electrons. The third-order valence-corrected chi connectivity index (χ3v) is 11.4. The zero-order valence-electron chi connectivity index (χ0n) is 23.7. The van der Waals surface area contributed by atoms with Crippen molar-refractivity contribution in [2.75, 3.05) is 4.90 Å². The molecule has 2 heterocycles. The van der Waals surface area contributed by atoms with Gasteiger partial charge in [-0.15, -0.1) is 0 Å². The van der Waals surface area contributed by atoms with Gasteiger partial charge in [0.1, 0.15) is 0 Å². The molecule has 204 valence electrons. The molecule has 1 aliphatic rings. The van der Waals surface area contributed by atoms with Crippen molar-refractivity contribution in [2.45, 2.75) is 19.3 Å². The molecule has 0 amide bonds. The van der Waals surface area contributed by atoms with Crippen molar-refractivity contribution in [1.29, 1.82) is 0 Å². The smallest absolute Gasteiger partial charge is 0.172 e. The van der Waals surface area contributed by atoms with Gasteiger partial charge in [-0.3, -0.25) is 4.98 Å². The van der Waals surface area contributed by atoms with E-state index >= 15 is 4.57 Å². The predicted molar refractivity (Wildman–Crippen MR) is 176 cm³/mol. The first kappa shape index (κ1) is 26.2. The summed E-state index contributed by atoms with van der Waals surface area (Å²) in [5.74, 6) is 0. The standard InChI is InChI=1S/C38H31N2OP/c1-38(2)34-20-9-11-22-36(34)40(37-23-12-10-21-35(37)38)30-15-13-14-28(24-30)29-25-33(27-39-26-29)42(41,31-16-5-3-6-17-31)32-18-7-4-8-19-32/h3-27H,1-2H3. The maximum absolute atomic E-state index is 15.0. The Balaban J connectivity index is 1.37. The maximum Gasteiger partial charge on any atom is 0.172 e. The molecule has 7 rings (SSSR count). The number of anilines is 3. The quantitative estimate of drug-likeness (QED) is 0.198. The molecule has 0 fully saturated rings. The van der Waals surface area contributed by atoms with Crippen molar-refractivity contribution in [2.24, 2.45) is 0 Å². The Bertz CT molecular complexity index is 1860. The average Bonchev–Trinajstić information content (AvgIpc) is 3.06. The molecule has 3 nitrogen and oxygen atoms in total. The molecule has 0 saturated heterocycles. The van der Waals surface area contributed by atoms with Gasteiger partial charge in [-0.25, -0.2) is 0 Å². The summed E-state index contributed by atoms with van der Waals surface area (Å²) in [4.78, 5) is 6.98. The van der Waals surface area contributed by atoms with Crippen molar-refractivity contribution >= 4 is 40.1 Å². The van der Waals surface area contributed by atoms with E-state index in [-0.39, 0.29) is 5.41 Å². The topological polar surface area (TPSA) is 33.2 Å². The van der Waals surface area contributed by atoms with E-state index in [2.05, 4.69) is 96.5 Å². The van der Waals surface area contributed by atoms with Crippen LogP contribution in [0.2, 0.25) is 0 Å². The van der Waals surface area contributed by atoms with Crippen molar-refractivity contribution in [3.8, 4) is 11.1 Å². The first-order valence-corrected chi connectivity index (χ1v) is 15.9. The van der Waals surface area contributed by atoms with Crippen molar-refractivity contribution in [3.05, 3.63) is 163 Å². The van der Waals surface area contributed by atoms with Gasteiger partial charge in [0.2, 0.25) is 0 Å². The van der Waals surface area contributed by atoms with Crippen LogP contribution in [0.4, 0.5) is 17.1 Å². The van der Waals surface area contributed by atoms with Crippen LogP contribution in [0.15, 0.2) is 152 Å². The highest BCUT2D eigenvalue weighted by Gasteiger charge is 2.36. The van der Waals surface area contributed by atoms with Crippen LogP contribution in [0.3, 0.4) is 0 Å². The lowest BCUT2D eigenvalue weighted by atomic mass is 9.73. The number of fused-ring (bicyclic) bond motifs is 2. The summed E-state index contributed by atoms with van der Waals surface area (Å²) in [5, 5.41) is 2.32. The van der Waals surface area contributed by atoms with Gasteiger partial charge in [-0.1, -0.05) is 123 Å². The minimum Gasteiger partial charge on any atom is -0.310 e. The van der Waals surface area contributed by atoms with Crippen molar-refractivity contribution in [1.82, 2.24) is 4.98 Å². The highest BCUT2D eigenvalue weighted by Crippen LogP contribution is 2.52. The minimum atomic E-state index is -3.14. The Kier molecular flexibility index (Phi) is 6.41. The number of aromatic nitrogens is 1. The Hall–Kier alpha value is -4.72. The zero-order chi connectivity index (χ0) is 28.7. The summed E-state index contributed by atoms with van der Waals surface area (Å²) < 4.78 is 15.0. The Labute approximate surface area is 247 Å². The van der Waals surface area contributed by atoms with Crippen molar-refractivity contribution in [3.63, 3.8) is 0 Å². The van der Waals surface area contributed by atoms with Crippen LogP contribution in [0.25, 0.3) is 11.1 Å². The van der Waals surface area contributed by atoms with E-state index in [0.717, 1.165) is 32.7 Å². The number of hydrogen-bond acceptors (Lipinski definition) is 3. The summed E-state index contributed by atoms with van der Waals surface area (Å²) in [6.07, 6.45) is 3.62. The van der Waals surface area contributed by atoms with E-state index in [9.17, 15) is 0 Å². The number of rotatable bonds is 5. The summed E-state index contributed by atoms with van der Waals surface area (Å²) in [6, 6.07) is 47.5. The van der Waals surface area contributed by atoms with Gasteiger partial charge in [0.25, 0.3) is 0 Å². The van der Waals surface area contributed by atoms with Crippen LogP contribution < -0.4 is 20.8 Å². The van der Waals surface area contributed by atoms with E-state index in [1.165, 1.54) is 22.5 Å². The monoisotopic (exact) mass is 562 g/mol. The second kappa shape index (κ2) is 10.3. The van der Waals surface area contributed by atoms with Crippen LogP contribution in [-0.2, 0) is 9.98 Å². The SMILES string of the molecule is CC1(C)c2ccccc2N(c2cccc(-c3cncc(P(=O)(c4ccccc4)c4ccccc4)c3)c2)c2ccccc21. The van der Waals surface area contributed by atoms with Crippen LogP contribution in [-0.4, -0.2) is 4.98 Å². The first-order chi connectivity index (χ1) is 20.5. The molecule has 0 N–H and O–H groups in total. The predicted octanol–water partition coefficient (Wildman–Crippen LogP) is 8.50.